The topological polar surface area (TPSA) is 76.7 Å². The quantitative estimate of drug-likeness (QED) is 0.569. The van der Waals surface area contributed by atoms with Crippen LogP contribution in [0.5, 0.6) is 11.5 Å². The molecule has 0 aromatic heterocycles. The Balaban J connectivity index is 1.57. The third-order valence-electron chi connectivity index (χ3n) is 4.50. The van der Waals surface area contributed by atoms with Crippen molar-refractivity contribution in [1.82, 2.24) is 5.32 Å². The molecule has 2 N–H and O–H groups in total. The highest BCUT2D eigenvalue weighted by atomic mass is 19.1. The maximum absolute atomic E-state index is 14.5. The number of carbonyl (C=O) groups is 2. The molecule has 7 heteroatoms. The maximum atomic E-state index is 14.5. The van der Waals surface area contributed by atoms with Crippen LogP contribution >= 0.6 is 0 Å². The van der Waals surface area contributed by atoms with Gasteiger partial charge in [0.25, 0.3) is 5.91 Å². The lowest BCUT2D eigenvalue weighted by molar-refractivity contribution is -0.115. The van der Waals surface area contributed by atoms with Gasteiger partial charge < -0.3 is 20.1 Å². The van der Waals surface area contributed by atoms with Gasteiger partial charge in [-0.2, -0.15) is 0 Å². The maximum Gasteiger partial charge on any atom is 0.254 e. The minimum atomic E-state index is -0.669. The Kier molecular flexibility index (Phi) is 7.22. The molecule has 6 nitrogen and oxygen atoms in total. The van der Waals surface area contributed by atoms with Gasteiger partial charge in [-0.3, -0.25) is 9.59 Å². The van der Waals surface area contributed by atoms with E-state index < -0.39 is 17.6 Å². The van der Waals surface area contributed by atoms with E-state index in [1.165, 1.54) is 12.1 Å². The normalized spacial score (nSPS) is 10.3. The summed E-state index contributed by atoms with van der Waals surface area (Å²) in [5.74, 6) is -0.364. The van der Waals surface area contributed by atoms with E-state index in [0.717, 1.165) is 5.56 Å². The van der Waals surface area contributed by atoms with Gasteiger partial charge in [0.2, 0.25) is 5.91 Å². The molecule has 0 saturated heterocycles. The second kappa shape index (κ2) is 10.2. The molecule has 0 bridgehead atoms. The van der Waals surface area contributed by atoms with Crippen LogP contribution in [0.3, 0.4) is 0 Å². The average Bonchev–Trinajstić information content (AvgIpc) is 2.79. The number of ether oxygens (including phenoxy) is 2. The number of rotatable bonds is 8. The first-order valence-corrected chi connectivity index (χ1v) is 9.75. The summed E-state index contributed by atoms with van der Waals surface area (Å²) in [6, 6.07) is 18.4. The van der Waals surface area contributed by atoms with Crippen molar-refractivity contribution in [2.45, 2.75) is 6.92 Å². The number of hydrogen-bond donors (Lipinski definition) is 2. The molecule has 0 heterocycles. The fraction of sp³-hybridized carbons (Fsp3) is 0.167. The molecule has 2 amide bonds. The van der Waals surface area contributed by atoms with E-state index in [1.54, 1.807) is 61.7 Å². The first kappa shape index (κ1) is 21.8. The first-order valence-electron chi connectivity index (χ1n) is 9.75. The lowest BCUT2D eigenvalue weighted by Gasteiger charge is -2.10. The van der Waals surface area contributed by atoms with Crippen molar-refractivity contribution in [3.8, 4) is 22.6 Å². The van der Waals surface area contributed by atoms with Gasteiger partial charge in [-0.25, -0.2) is 4.39 Å². The highest BCUT2D eigenvalue weighted by Gasteiger charge is 2.14. The smallest absolute Gasteiger partial charge is 0.254 e. The fourth-order valence-electron chi connectivity index (χ4n) is 2.92. The van der Waals surface area contributed by atoms with Crippen LogP contribution in [0.15, 0.2) is 66.7 Å². The van der Waals surface area contributed by atoms with Gasteiger partial charge in [0.05, 0.1) is 25.8 Å². The number of anilines is 1. The molecule has 0 radical (unpaired) electrons. The Morgan fingerprint density at radius 1 is 0.903 bits per heavy atom. The van der Waals surface area contributed by atoms with E-state index in [4.69, 9.17) is 9.47 Å². The number of nitrogens with one attached hydrogen (secondary N) is 2. The molecule has 160 valence electrons. The van der Waals surface area contributed by atoms with Gasteiger partial charge in [-0.1, -0.05) is 18.2 Å². The number of methoxy groups -OCH3 is 1. The second-order valence-corrected chi connectivity index (χ2v) is 6.61. The molecule has 0 aliphatic carbocycles. The van der Waals surface area contributed by atoms with E-state index in [-0.39, 0.29) is 12.1 Å². The van der Waals surface area contributed by atoms with Crippen LogP contribution in [0.1, 0.15) is 17.3 Å². The molecular weight excluding hydrogens is 399 g/mol. The van der Waals surface area contributed by atoms with Crippen LogP contribution < -0.4 is 20.1 Å². The molecule has 0 saturated carbocycles. The molecule has 0 spiro atoms. The van der Waals surface area contributed by atoms with Gasteiger partial charge in [-0.15, -0.1) is 0 Å². The van der Waals surface area contributed by atoms with E-state index >= 15 is 0 Å². The van der Waals surface area contributed by atoms with Crippen molar-refractivity contribution in [3.63, 3.8) is 0 Å². The summed E-state index contributed by atoms with van der Waals surface area (Å²) >= 11 is 0. The predicted molar refractivity (Wildman–Crippen MR) is 117 cm³/mol. The van der Waals surface area contributed by atoms with Crippen LogP contribution in [0, 0.1) is 5.82 Å². The number of hydrogen-bond acceptors (Lipinski definition) is 4. The highest BCUT2D eigenvalue weighted by molar-refractivity contribution is 5.99. The summed E-state index contributed by atoms with van der Waals surface area (Å²) in [5.41, 5.74) is 1.86. The van der Waals surface area contributed by atoms with Crippen LogP contribution in [0.2, 0.25) is 0 Å². The zero-order valence-corrected chi connectivity index (χ0v) is 17.3. The van der Waals surface area contributed by atoms with Crippen molar-refractivity contribution in [2.75, 3.05) is 25.6 Å². The third kappa shape index (κ3) is 5.82. The second-order valence-electron chi connectivity index (χ2n) is 6.61. The van der Waals surface area contributed by atoms with Gasteiger partial charge >= 0.3 is 0 Å². The lowest BCUT2D eigenvalue weighted by atomic mass is 10.0. The summed E-state index contributed by atoms with van der Waals surface area (Å²) in [4.78, 5) is 24.4. The van der Waals surface area contributed by atoms with Crippen molar-refractivity contribution in [3.05, 3.63) is 78.1 Å². The molecule has 0 aliphatic rings. The lowest BCUT2D eigenvalue weighted by Crippen LogP contribution is -2.33. The van der Waals surface area contributed by atoms with E-state index in [2.05, 4.69) is 10.6 Å². The Labute approximate surface area is 180 Å². The van der Waals surface area contributed by atoms with Crippen molar-refractivity contribution in [1.29, 1.82) is 0 Å². The summed E-state index contributed by atoms with van der Waals surface area (Å²) in [6.45, 7) is 2.15. The van der Waals surface area contributed by atoms with Crippen LogP contribution in [-0.4, -0.2) is 32.1 Å². The largest absolute Gasteiger partial charge is 0.497 e. The van der Waals surface area contributed by atoms with Crippen LogP contribution in [-0.2, 0) is 4.79 Å². The number of carbonyl (C=O) groups excluding carboxylic acids is 2. The minimum Gasteiger partial charge on any atom is -0.497 e. The van der Waals surface area contributed by atoms with Crippen molar-refractivity contribution < 1.29 is 23.5 Å². The summed E-state index contributed by atoms with van der Waals surface area (Å²) in [6.07, 6.45) is 0. The molecule has 3 rings (SSSR count). The Morgan fingerprint density at radius 3 is 2.16 bits per heavy atom. The van der Waals surface area contributed by atoms with Gasteiger partial charge in [0.15, 0.2) is 0 Å². The van der Waals surface area contributed by atoms with E-state index in [0.29, 0.717) is 29.4 Å². The Morgan fingerprint density at radius 2 is 1.55 bits per heavy atom. The minimum absolute atomic E-state index is 0.133. The molecular formula is C24H23FN2O4. The highest BCUT2D eigenvalue weighted by Crippen LogP contribution is 2.24. The summed E-state index contributed by atoms with van der Waals surface area (Å²) < 4.78 is 25.0. The monoisotopic (exact) mass is 422 g/mol. The predicted octanol–water partition coefficient (Wildman–Crippen LogP) is 4.27. The van der Waals surface area contributed by atoms with Crippen LogP contribution in [0.25, 0.3) is 11.1 Å². The molecule has 31 heavy (non-hydrogen) atoms. The third-order valence-corrected chi connectivity index (χ3v) is 4.50. The first-order chi connectivity index (χ1) is 15.0. The van der Waals surface area contributed by atoms with Gasteiger partial charge in [0, 0.05) is 5.69 Å². The van der Waals surface area contributed by atoms with Crippen LogP contribution in [0.4, 0.5) is 10.1 Å². The molecule has 0 fully saturated rings. The van der Waals surface area contributed by atoms with E-state index in [1.807, 2.05) is 6.92 Å². The van der Waals surface area contributed by atoms with Gasteiger partial charge in [-0.05, 0) is 66.6 Å². The molecule has 0 atom stereocenters. The van der Waals surface area contributed by atoms with Crippen molar-refractivity contribution in [2.24, 2.45) is 0 Å². The average molecular weight is 422 g/mol. The summed E-state index contributed by atoms with van der Waals surface area (Å²) in [7, 11) is 1.57. The van der Waals surface area contributed by atoms with E-state index in [9.17, 15) is 14.0 Å². The fourth-order valence-corrected chi connectivity index (χ4v) is 2.92. The molecule has 0 unspecified atom stereocenters. The molecule has 3 aromatic carbocycles. The molecule has 3 aromatic rings. The zero-order chi connectivity index (χ0) is 22.2. The standard InChI is InChI=1S/C24H23FN2O4/c1-3-31-20-11-7-18(8-12-20)27-23(28)15-26-24(29)21-13-6-17(14-22(21)25)16-4-9-19(30-2)10-5-16/h4-14H,3,15H2,1-2H3,(H,26,29)(H,27,28). The number of benzene rings is 3. The van der Waals surface area contributed by atoms with Gasteiger partial charge in [0.1, 0.15) is 17.3 Å². The Bertz CT molecular complexity index is 1050. The molecule has 0 aliphatic heterocycles. The SMILES string of the molecule is CCOc1ccc(NC(=O)CNC(=O)c2ccc(-c3ccc(OC)cc3)cc2F)cc1. The number of amides is 2. The van der Waals surface area contributed by atoms with Crippen molar-refractivity contribution >= 4 is 17.5 Å². The Hall–Kier alpha value is -3.87. The summed E-state index contributed by atoms with van der Waals surface area (Å²) in [5, 5.41) is 5.09. The number of halogens is 1. The zero-order valence-electron chi connectivity index (χ0n) is 17.3.